The summed E-state index contributed by atoms with van der Waals surface area (Å²) in [5, 5.41) is 0.236. The quantitative estimate of drug-likeness (QED) is 0.697. The number of carbonyl (C=O) groups excluding carboxylic acids is 1. The fourth-order valence-corrected chi connectivity index (χ4v) is 1.98. The predicted molar refractivity (Wildman–Crippen MR) is 72.2 cm³/mol. The highest BCUT2D eigenvalue weighted by molar-refractivity contribution is 6.32. The summed E-state index contributed by atoms with van der Waals surface area (Å²) in [6, 6.07) is 5.89. The van der Waals surface area contributed by atoms with Crippen molar-refractivity contribution in [3.8, 4) is 5.75 Å². The lowest BCUT2D eigenvalue weighted by Crippen LogP contribution is -2.07. The molecule has 0 aromatic heterocycles. The van der Waals surface area contributed by atoms with Gasteiger partial charge in [0.05, 0.1) is 12.1 Å². The highest BCUT2D eigenvalue weighted by atomic mass is 35.5. The van der Waals surface area contributed by atoms with Gasteiger partial charge < -0.3 is 10.5 Å². The first-order valence-corrected chi connectivity index (χ1v) is 5.94. The lowest BCUT2D eigenvalue weighted by atomic mass is 10.0. The second kappa shape index (κ2) is 5.46. The first-order valence-electron chi connectivity index (χ1n) is 5.56. The van der Waals surface area contributed by atoms with Crippen molar-refractivity contribution in [1.29, 1.82) is 0 Å². The molecule has 0 heterocycles. The molecule has 0 spiro atoms. The molecule has 0 amide bonds. The summed E-state index contributed by atoms with van der Waals surface area (Å²) in [5.41, 5.74) is 5.48. The number of hydrogen-bond donors (Lipinski definition) is 1. The second-order valence-electron chi connectivity index (χ2n) is 4.03. The monoisotopic (exact) mass is 297 g/mol. The van der Waals surface area contributed by atoms with Crippen molar-refractivity contribution in [1.82, 2.24) is 0 Å². The van der Waals surface area contributed by atoms with Crippen LogP contribution in [-0.4, -0.2) is 12.9 Å². The zero-order valence-electron chi connectivity index (χ0n) is 10.4. The topological polar surface area (TPSA) is 52.3 Å². The largest absolute Gasteiger partial charge is 0.495 e. The lowest BCUT2D eigenvalue weighted by Gasteiger charge is -2.08. The molecule has 20 heavy (non-hydrogen) atoms. The van der Waals surface area contributed by atoms with Crippen LogP contribution in [0.2, 0.25) is 5.02 Å². The van der Waals surface area contributed by atoms with E-state index in [0.29, 0.717) is 5.75 Å². The Hall–Kier alpha value is -2.14. The van der Waals surface area contributed by atoms with Crippen molar-refractivity contribution in [2.75, 3.05) is 12.8 Å². The van der Waals surface area contributed by atoms with Crippen molar-refractivity contribution in [2.24, 2.45) is 0 Å². The Morgan fingerprint density at radius 1 is 1.20 bits per heavy atom. The van der Waals surface area contributed by atoms with Gasteiger partial charge in [-0.15, -0.1) is 0 Å². The minimum atomic E-state index is -1.14. The fraction of sp³-hybridized carbons (Fsp3) is 0.0714. The van der Waals surface area contributed by atoms with Gasteiger partial charge in [0.1, 0.15) is 5.75 Å². The molecule has 2 aromatic carbocycles. The number of methoxy groups -OCH3 is 1. The summed E-state index contributed by atoms with van der Waals surface area (Å²) in [6.07, 6.45) is 0. The normalized spacial score (nSPS) is 10.4. The van der Waals surface area contributed by atoms with E-state index in [4.69, 9.17) is 22.1 Å². The molecule has 0 atom stereocenters. The molecule has 0 saturated carbocycles. The summed E-state index contributed by atoms with van der Waals surface area (Å²) >= 11 is 5.91. The van der Waals surface area contributed by atoms with Crippen molar-refractivity contribution < 1.29 is 18.3 Å². The number of anilines is 1. The van der Waals surface area contributed by atoms with Crippen LogP contribution in [0.25, 0.3) is 0 Å². The van der Waals surface area contributed by atoms with Gasteiger partial charge in [0.2, 0.25) is 0 Å². The number of nitrogen functional groups attached to an aromatic ring is 1. The average molecular weight is 298 g/mol. The van der Waals surface area contributed by atoms with Crippen LogP contribution in [0.3, 0.4) is 0 Å². The molecule has 104 valence electrons. The fourth-order valence-electron chi connectivity index (χ4n) is 1.72. The smallest absolute Gasteiger partial charge is 0.195 e. The molecule has 2 N–H and O–H groups in total. The van der Waals surface area contributed by atoms with Gasteiger partial charge >= 0.3 is 0 Å². The number of ether oxygens (including phenoxy) is 1. The zero-order valence-corrected chi connectivity index (χ0v) is 11.2. The van der Waals surface area contributed by atoms with Crippen LogP contribution in [0.15, 0.2) is 30.3 Å². The van der Waals surface area contributed by atoms with E-state index in [-0.39, 0.29) is 21.8 Å². The molecule has 6 heteroatoms. The molecule has 0 fully saturated rings. The van der Waals surface area contributed by atoms with Gasteiger partial charge in [-0.2, -0.15) is 0 Å². The molecule has 0 bridgehead atoms. The standard InChI is InChI=1S/C14H10ClF2NO2/c1-20-13-3-2-7(4-9(13)15)14(19)8-5-10(16)11(17)6-12(8)18/h2-6H,18H2,1H3. The maximum atomic E-state index is 13.2. The van der Waals surface area contributed by atoms with Gasteiger partial charge in [0.25, 0.3) is 0 Å². The summed E-state index contributed by atoms with van der Waals surface area (Å²) in [5.74, 6) is -2.39. The maximum Gasteiger partial charge on any atom is 0.195 e. The Bertz CT molecular complexity index is 689. The van der Waals surface area contributed by atoms with Crippen molar-refractivity contribution >= 4 is 23.1 Å². The molecular formula is C14H10ClF2NO2. The van der Waals surface area contributed by atoms with E-state index in [2.05, 4.69) is 0 Å². The maximum absolute atomic E-state index is 13.2. The van der Waals surface area contributed by atoms with Crippen LogP contribution in [0.5, 0.6) is 5.75 Å². The van der Waals surface area contributed by atoms with E-state index in [1.807, 2.05) is 0 Å². The molecule has 0 radical (unpaired) electrons. The van der Waals surface area contributed by atoms with E-state index in [9.17, 15) is 13.6 Å². The molecular weight excluding hydrogens is 288 g/mol. The van der Waals surface area contributed by atoms with Crippen LogP contribution < -0.4 is 10.5 Å². The molecule has 0 aliphatic heterocycles. The molecule has 3 nitrogen and oxygen atoms in total. The number of benzene rings is 2. The third kappa shape index (κ3) is 2.58. The Morgan fingerprint density at radius 2 is 1.85 bits per heavy atom. The number of rotatable bonds is 3. The van der Waals surface area contributed by atoms with E-state index in [1.54, 1.807) is 0 Å². The van der Waals surface area contributed by atoms with Gasteiger partial charge in [-0.25, -0.2) is 8.78 Å². The Morgan fingerprint density at radius 3 is 2.45 bits per heavy atom. The van der Waals surface area contributed by atoms with Crippen LogP contribution in [0.4, 0.5) is 14.5 Å². The van der Waals surface area contributed by atoms with E-state index >= 15 is 0 Å². The van der Waals surface area contributed by atoms with Crippen molar-refractivity contribution in [2.45, 2.75) is 0 Å². The Labute approximate surface area is 118 Å². The van der Waals surface area contributed by atoms with Gasteiger partial charge in [-0.3, -0.25) is 4.79 Å². The minimum absolute atomic E-state index is 0.120. The predicted octanol–water partition coefficient (Wildman–Crippen LogP) is 3.44. The van der Waals surface area contributed by atoms with Crippen LogP contribution in [0, 0.1) is 11.6 Å². The van der Waals surface area contributed by atoms with Gasteiger partial charge in [0.15, 0.2) is 17.4 Å². The highest BCUT2D eigenvalue weighted by Crippen LogP contribution is 2.27. The summed E-state index contributed by atoms with van der Waals surface area (Å²) in [6.45, 7) is 0. The lowest BCUT2D eigenvalue weighted by molar-refractivity contribution is 0.103. The first kappa shape index (κ1) is 14.3. The zero-order chi connectivity index (χ0) is 14.9. The van der Waals surface area contributed by atoms with E-state index < -0.39 is 17.4 Å². The number of ketones is 1. The molecule has 2 aromatic rings. The highest BCUT2D eigenvalue weighted by Gasteiger charge is 2.17. The van der Waals surface area contributed by atoms with E-state index in [1.165, 1.54) is 25.3 Å². The molecule has 0 unspecified atom stereocenters. The Kier molecular flexibility index (Phi) is 3.90. The first-order chi connectivity index (χ1) is 9.43. The molecule has 2 rings (SSSR count). The van der Waals surface area contributed by atoms with Crippen molar-refractivity contribution in [3.05, 3.63) is 58.1 Å². The van der Waals surface area contributed by atoms with Crippen LogP contribution >= 0.6 is 11.6 Å². The van der Waals surface area contributed by atoms with Crippen LogP contribution in [-0.2, 0) is 0 Å². The number of carbonyl (C=O) groups is 1. The summed E-state index contributed by atoms with van der Waals surface area (Å²) < 4.78 is 31.2. The van der Waals surface area contributed by atoms with Gasteiger partial charge in [-0.05, 0) is 24.3 Å². The van der Waals surface area contributed by atoms with Crippen molar-refractivity contribution in [3.63, 3.8) is 0 Å². The third-order valence-electron chi connectivity index (χ3n) is 2.75. The van der Waals surface area contributed by atoms with Gasteiger partial charge in [-0.1, -0.05) is 11.6 Å². The summed E-state index contributed by atoms with van der Waals surface area (Å²) in [4.78, 5) is 12.2. The van der Waals surface area contributed by atoms with E-state index in [0.717, 1.165) is 12.1 Å². The summed E-state index contributed by atoms with van der Waals surface area (Å²) in [7, 11) is 1.44. The molecule has 0 aliphatic carbocycles. The SMILES string of the molecule is COc1ccc(C(=O)c2cc(F)c(F)cc2N)cc1Cl. The van der Waals surface area contributed by atoms with Crippen LogP contribution in [0.1, 0.15) is 15.9 Å². The van der Waals surface area contributed by atoms with Gasteiger partial charge in [0, 0.05) is 22.9 Å². The number of nitrogens with two attached hydrogens (primary N) is 1. The molecule has 0 saturated heterocycles. The molecule has 0 aliphatic rings. The second-order valence-corrected chi connectivity index (χ2v) is 4.44. The number of hydrogen-bond acceptors (Lipinski definition) is 3. The average Bonchev–Trinajstić information content (AvgIpc) is 2.42. The number of halogens is 3. The minimum Gasteiger partial charge on any atom is -0.495 e. The Balaban J connectivity index is 2.46. The third-order valence-corrected chi connectivity index (χ3v) is 3.05.